The zero-order valence-corrected chi connectivity index (χ0v) is 15.6. The lowest BCUT2D eigenvalue weighted by Gasteiger charge is -2.31. The number of hydrogen-bond acceptors (Lipinski definition) is 5. The molecule has 1 unspecified atom stereocenters. The van der Waals surface area contributed by atoms with Gasteiger partial charge in [0.1, 0.15) is 0 Å². The fourth-order valence-electron chi connectivity index (χ4n) is 2.68. The van der Waals surface area contributed by atoms with Crippen molar-refractivity contribution < 1.29 is 14.3 Å². The summed E-state index contributed by atoms with van der Waals surface area (Å²) in [6.45, 7) is 5.73. The lowest BCUT2D eigenvalue weighted by molar-refractivity contribution is -0.121. The molecule has 8 heteroatoms. The molecule has 0 saturated carbocycles. The van der Waals surface area contributed by atoms with Crippen LogP contribution in [0.15, 0.2) is 36.5 Å². The van der Waals surface area contributed by atoms with Gasteiger partial charge in [0.2, 0.25) is 5.91 Å². The van der Waals surface area contributed by atoms with Crippen LogP contribution in [-0.2, 0) is 9.53 Å². The first kappa shape index (κ1) is 19.9. The van der Waals surface area contributed by atoms with E-state index in [1.807, 2.05) is 31.2 Å². The van der Waals surface area contributed by atoms with Gasteiger partial charge in [-0.2, -0.15) is 5.10 Å². The summed E-state index contributed by atoms with van der Waals surface area (Å²) in [5.74, 6) is -0.181. The second-order valence-electron chi connectivity index (χ2n) is 6.08. The van der Waals surface area contributed by atoms with Crippen molar-refractivity contribution >= 4 is 30.0 Å². The van der Waals surface area contributed by atoms with Crippen molar-refractivity contribution in [1.82, 2.24) is 15.1 Å². The summed E-state index contributed by atoms with van der Waals surface area (Å²) in [6, 6.07) is 8.97. The molecule has 1 fully saturated rings. The number of carbonyl (C=O) groups is 2. The molecule has 2 aromatic rings. The predicted octanol–water partition coefficient (Wildman–Crippen LogP) is 2.26. The van der Waals surface area contributed by atoms with Gasteiger partial charge in [0.15, 0.2) is 5.69 Å². The number of anilines is 1. The van der Waals surface area contributed by atoms with E-state index in [4.69, 9.17) is 4.74 Å². The van der Waals surface area contributed by atoms with E-state index in [1.165, 1.54) is 0 Å². The van der Waals surface area contributed by atoms with Crippen molar-refractivity contribution in [2.45, 2.75) is 13.8 Å². The van der Waals surface area contributed by atoms with Gasteiger partial charge >= 0.3 is 5.97 Å². The molecule has 1 amide bonds. The highest BCUT2D eigenvalue weighted by molar-refractivity contribution is 5.94. The number of rotatable bonds is 6. The average molecular weight is 379 g/mol. The molecule has 0 aliphatic carbocycles. The first-order chi connectivity index (χ1) is 12.1. The summed E-state index contributed by atoms with van der Waals surface area (Å²) < 4.78 is 6.52. The lowest BCUT2D eigenvalue weighted by atomic mass is 9.88. The Hall–Kier alpha value is -2.38. The predicted molar refractivity (Wildman–Crippen MR) is 101 cm³/mol. The molecule has 140 valence electrons. The number of amides is 1. The molecule has 1 aromatic heterocycles. The standard InChI is InChI=1S/C18H22N4O3.ClH/c1-3-25-18(24)15-8-9-22(21-15)16-7-5-4-6-14(16)20-17(23)12(2)13-10-19-11-13;/h4-9,12-13,19H,3,10-11H2,1-2H3,(H,20,23);1H. The number of hydrogen-bond donors (Lipinski definition) is 2. The van der Waals surface area contributed by atoms with Gasteiger partial charge in [-0.05, 0) is 44.1 Å². The lowest BCUT2D eigenvalue weighted by Crippen LogP contribution is -2.48. The second-order valence-corrected chi connectivity index (χ2v) is 6.08. The highest BCUT2D eigenvalue weighted by Gasteiger charge is 2.29. The van der Waals surface area contributed by atoms with Gasteiger partial charge in [-0.1, -0.05) is 19.1 Å². The number of ether oxygens (including phenoxy) is 1. The van der Waals surface area contributed by atoms with Crippen LogP contribution in [0.25, 0.3) is 5.69 Å². The molecule has 0 spiro atoms. The third-order valence-corrected chi connectivity index (χ3v) is 4.42. The average Bonchev–Trinajstić information content (AvgIpc) is 3.04. The number of aromatic nitrogens is 2. The third-order valence-electron chi connectivity index (χ3n) is 4.42. The Morgan fingerprint density at radius 3 is 2.73 bits per heavy atom. The number of esters is 1. The molecule has 1 atom stereocenters. The van der Waals surface area contributed by atoms with Crippen molar-refractivity contribution in [2.24, 2.45) is 11.8 Å². The summed E-state index contributed by atoms with van der Waals surface area (Å²) in [5, 5.41) is 10.4. The Morgan fingerprint density at radius 2 is 2.08 bits per heavy atom. The smallest absolute Gasteiger partial charge is 0.358 e. The highest BCUT2D eigenvalue weighted by atomic mass is 35.5. The molecule has 1 aliphatic rings. The van der Waals surface area contributed by atoms with E-state index in [0.717, 1.165) is 13.1 Å². The Labute approximate surface area is 158 Å². The first-order valence-electron chi connectivity index (χ1n) is 8.44. The maximum atomic E-state index is 12.5. The maximum Gasteiger partial charge on any atom is 0.358 e. The number of para-hydroxylation sites is 2. The minimum absolute atomic E-state index is 0. The van der Waals surface area contributed by atoms with Gasteiger partial charge in [-0.15, -0.1) is 12.4 Å². The minimum Gasteiger partial charge on any atom is -0.461 e. The molecule has 7 nitrogen and oxygen atoms in total. The fourth-order valence-corrected chi connectivity index (χ4v) is 2.68. The van der Waals surface area contributed by atoms with Crippen LogP contribution in [-0.4, -0.2) is 41.4 Å². The fraction of sp³-hybridized carbons (Fsp3) is 0.389. The molecule has 2 N–H and O–H groups in total. The molecule has 1 saturated heterocycles. The normalized spacial score (nSPS) is 14.7. The summed E-state index contributed by atoms with van der Waals surface area (Å²) in [7, 11) is 0. The van der Waals surface area contributed by atoms with Crippen LogP contribution in [0.5, 0.6) is 0 Å². The van der Waals surface area contributed by atoms with Crippen molar-refractivity contribution in [3.8, 4) is 5.69 Å². The van der Waals surface area contributed by atoms with E-state index >= 15 is 0 Å². The number of carbonyl (C=O) groups excluding carboxylic acids is 2. The number of benzene rings is 1. The second kappa shape index (κ2) is 8.82. The molecule has 26 heavy (non-hydrogen) atoms. The van der Waals surface area contributed by atoms with Crippen LogP contribution in [0.1, 0.15) is 24.3 Å². The zero-order chi connectivity index (χ0) is 17.8. The monoisotopic (exact) mass is 378 g/mol. The van der Waals surface area contributed by atoms with Crippen LogP contribution < -0.4 is 10.6 Å². The van der Waals surface area contributed by atoms with Crippen molar-refractivity contribution in [1.29, 1.82) is 0 Å². The van der Waals surface area contributed by atoms with E-state index in [-0.39, 0.29) is 29.9 Å². The van der Waals surface area contributed by atoms with E-state index in [0.29, 0.717) is 23.9 Å². The largest absolute Gasteiger partial charge is 0.461 e. The Morgan fingerprint density at radius 1 is 1.35 bits per heavy atom. The molecule has 0 radical (unpaired) electrons. The van der Waals surface area contributed by atoms with Crippen LogP contribution in [0.2, 0.25) is 0 Å². The number of nitrogens with zero attached hydrogens (tertiary/aromatic N) is 2. The van der Waals surface area contributed by atoms with E-state index < -0.39 is 5.97 Å². The zero-order valence-electron chi connectivity index (χ0n) is 14.8. The summed E-state index contributed by atoms with van der Waals surface area (Å²) in [6.07, 6.45) is 1.68. The van der Waals surface area contributed by atoms with Crippen molar-refractivity contribution in [2.75, 3.05) is 25.0 Å². The molecular formula is C18H23ClN4O3. The van der Waals surface area contributed by atoms with Gasteiger partial charge < -0.3 is 15.4 Å². The SMILES string of the molecule is CCOC(=O)c1ccn(-c2ccccc2NC(=O)C(C)C2CNC2)n1.Cl. The van der Waals surface area contributed by atoms with Gasteiger partial charge in [-0.3, -0.25) is 4.79 Å². The molecule has 3 rings (SSSR count). The number of nitrogens with one attached hydrogen (secondary N) is 2. The van der Waals surface area contributed by atoms with Crippen molar-refractivity contribution in [3.05, 3.63) is 42.2 Å². The molecule has 0 bridgehead atoms. The van der Waals surface area contributed by atoms with Crippen LogP contribution in [0.3, 0.4) is 0 Å². The summed E-state index contributed by atoms with van der Waals surface area (Å²) in [4.78, 5) is 24.3. The van der Waals surface area contributed by atoms with E-state index in [1.54, 1.807) is 23.9 Å². The maximum absolute atomic E-state index is 12.5. The Kier molecular flexibility index (Phi) is 6.76. The van der Waals surface area contributed by atoms with Gasteiger partial charge in [0.25, 0.3) is 0 Å². The van der Waals surface area contributed by atoms with Crippen LogP contribution >= 0.6 is 12.4 Å². The van der Waals surface area contributed by atoms with Gasteiger partial charge in [0, 0.05) is 12.1 Å². The van der Waals surface area contributed by atoms with Crippen LogP contribution in [0, 0.1) is 11.8 Å². The highest BCUT2D eigenvalue weighted by Crippen LogP contribution is 2.23. The quantitative estimate of drug-likeness (QED) is 0.753. The summed E-state index contributed by atoms with van der Waals surface area (Å²) >= 11 is 0. The number of halogens is 1. The molecule has 2 heterocycles. The minimum atomic E-state index is -0.464. The van der Waals surface area contributed by atoms with Gasteiger partial charge in [0.05, 0.1) is 18.0 Å². The topological polar surface area (TPSA) is 85.2 Å². The summed E-state index contributed by atoms with van der Waals surface area (Å²) in [5.41, 5.74) is 1.59. The first-order valence-corrected chi connectivity index (χ1v) is 8.44. The molecule has 1 aromatic carbocycles. The third kappa shape index (κ3) is 4.23. The van der Waals surface area contributed by atoms with Gasteiger partial charge in [-0.25, -0.2) is 9.48 Å². The van der Waals surface area contributed by atoms with E-state index in [2.05, 4.69) is 15.7 Å². The Balaban J connectivity index is 0.00000243. The van der Waals surface area contributed by atoms with Crippen LogP contribution in [0.4, 0.5) is 5.69 Å². The Bertz CT molecular complexity index is 773. The molecular weight excluding hydrogens is 356 g/mol. The molecule has 1 aliphatic heterocycles. The van der Waals surface area contributed by atoms with E-state index in [9.17, 15) is 9.59 Å². The van der Waals surface area contributed by atoms with Crippen molar-refractivity contribution in [3.63, 3.8) is 0 Å².